The van der Waals surface area contributed by atoms with Gasteiger partial charge in [0.2, 0.25) is 0 Å². The zero-order valence-corrected chi connectivity index (χ0v) is 11.2. The molecule has 2 nitrogen and oxygen atoms in total. The van der Waals surface area contributed by atoms with Crippen LogP contribution in [0.5, 0.6) is 0 Å². The summed E-state index contributed by atoms with van der Waals surface area (Å²) in [6.07, 6.45) is 7.00. The Morgan fingerprint density at radius 1 is 1.11 bits per heavy atom. The zero-order chi connectivity index (χ0) is 12.2. The van der Waals surface area contributed by atoms with Gasteiger partial charge in [0, 0.05) is 25.3 Å². The fourth-order valence-corrected chi connectivity index (χ4v) is 2.86. The van der Waals surface area contributed by atoms with Gasteiger partial charge >= 0.3 is 0 Å². The number of nitrogens with zero attached hydrogens (tertiary/aromatic N) is 1. The minimum atomic E-state index is 1.03. The lowest BCUT2D eigenvalue weighted by Crippen LogP contribution is -2.22. The number of rotatable bonds is 6. The zero-order valence-electron chi connectivity index (χ0n) is 11.2. The fraction of sp³-hybridized carbons (Fsp3) is 0.625. The number of benzene rings is 1. The van der Waals surface area contributed by atoms with E-state index in [2.05, 4.69) is 34.5 Å². The highest BCUT2D eigenvalue weighted by molar-refractivity contribution is 5.54. The van der Waals surface area contributed by atoms with Crippen LogP contribution in [-0.2, 0) is 6.54 Å². The van der Waals surface area contributed by atoms with E-state index in [1.165, 1.54) is 63.0 Å². The largest absolute Gasteiger partial charge is 0.371 e. The van der Waals surface area contributed by atoms with Crippen LogP contribution in [0, 0.1) is 5.92 Å². The van der Waals surface area contributed by atoms with Crippen LogP contribution in [0.2, 0.25) is 0 Å². The van der Waals surface area contributed by atoms with E-state index in [4.69, 9.17) is 0 Å². The Morgan fingerprint density at radius 3 is 2.67 bits per heavy atom. The van der Waals surface area contributed by atoms with Gasteiger partial charge in [-0.15, -0.1) is 0 Å². The first-order valence-electron chi connectivity index (χ1n) is 7.47. The van der Waals surface area contributed by atoms with Crippen molar-refractivity contribution in [2.24, 2.45) is 5.92 Å². The summed E-state index contributed by atoms with van der Waals surface area (Å²) < 4.78 is 0. The second-order valence-electron chi connectivity index (χ2n) is 5.73. The molecule has 0 spiro atoms. The lowest BCUT2D eigenvalue weighted by molar-refractivity contribution is 0.612. The highest BCUT2D eigenvalue weighted by Gasteiger charge is 2.20. The molecule has 1 aliphatic heterocycles. The first-order chi connectivity index (χ1) is 8.93. The smallest absolute Gasteiger partial charge is 0.0411 e. The Morgan fingerprint density at radius 2 is 1.89 bits per heavy atom. The Labute approximate surface area is 110 Å². The molecule has 0 aromatic heterocycles. The van der Waals surface area contributed by atoms with E-state index in [1.54, 1.807) is 0 Å². The number of nitrogens with one attached hydrogen (secondary N) is 1. The van der Waals surface area contributed by atoms with Crippen LogP contribution in [0.3, 0.4) is 0 Å². The number of hydrogen-bond donors (Lipinski definition) is 1. The summed E-state index contributed by atoms with van der Waals surface area (Å²) in [5, 5.41) is 3.61. The quantitative estimate of drug-likeness (QED) is 0.773. The Kier molecular flexibility index (Phi) is 3.84. The molecule has 98 valence electrons. The van der Waals surface area contributed by atoms with E-state index in [1.807, 2.05) is 0 Å². The van der Waals surface area contributed by atoms with Gasteiger partial charge in [-0.1, -0.05) is 31.0 Å². The SMILES string of the molecule is c1ccc(N2CCCC2)c(CNCCC2CC2)c1. The monoisotopic (exact) mass is 244 g/mol. The van der Waals surface area contributed by atoms with Crippen molar-refractivity contribution in [1.82, 2.24) is 5.32 Å². The lowest BCUT2D eigenvalue weighted by Gasteiger charge is -2.21. The second kappa shape index (κ2) is 5.75. The molecule has 0 atom stereocenters. The maximum Gasteiger partial charge on any atom is 0.0411 e. The molecule has 0 bridgehead atoms. The maximum atomic E-state index is 3.61. The molecular weight excluding hydrogens is 220 g/mol. The summed E-state index contributed by atoms with van der Waals surface area (Å²) in [6, 6.07) is 8.89. The summed E-state index contributed by atoms with van der Waals surface area (Å²) in [4.78, 5) is 2.54. The molecule has 2 heteroatoms. The van der Waals surface area contributed by atoms with Crippen molar-refractivity contribution in [1.29, 1.82) is 0 Å². The number of anilines is 1. The predicted molar refractivity (Wildman–Crippen MR) is 76.9 cm³/mol. The standard InChI is InChI=1S/C16H24N2/c1-2-6-16(18-11-3-4-12-18)15(5-1)13-17-10-9-14-7-8-14/h1-2,5-6,14,17H,3-4,7-13H2. The van der Waals surface area contributed by atoms with Gasteiger partial charge in [0.15, 0.2) is 0 Å². The van der Waals surface area contributed by atoms with Crippen LogP contribution in [0.25, 0.3) is 0 Å². The lowest BCUT2D eigenvalue weighted by atomic mass is 10.1. The molecule has 1 aliphatic carbocycles. The Balaban J connectivity index is 1.55. The van der Waals surface area contributed by atoms with Crippen LogP contribution < -0.4 is 10.2 Å². The van der Waals surface area contributed by atoms with E-state index in [0.29, 0.717) is 0 Å². The van der Waals surface area contributed by atoms with Crippen molar-refractivity contribution in [3.8, 4) is 0 Å². The van der Waals surface area contributed by atoms with Gasteiger partial charge in [-0.25, -0.2) is 0 Å². The maximum absolute atomic E-state index is 3.61. The second-order valence-corrected chi connectivity index (χ2v) is 5.73. The minimum absolute atomic E-state index is 1.03. The summed E-state index contributed by atoms with van der Waals surface area (Å²) in [5.41, 5.74) is 2.92. The predicted octanol–water partition coefficient (Wildman–Crippen LogP) is 3.18. The highest BCUT2D eigenvalue weighted by Crippen LogP contribution is 2.31. The topological polar surface area (TPSA) is 15.3 Å². The van der Waals surface area contributed by atoms with Gasteiger partial charge in [-0.2, -0.15) is 0 Å². The number of hydrogen-bond acceptors (Lipinski definition) is 2. The highest BCUT2D eigenvalue weighted by atomic mass is 15.1. The van der Waals surface area contributed by atoms with Crippen molar-refractivity contribution >= 4 is 5.69 Å². The molecule has 1 aromatic carbocycles. The van der Waals surface area contributed by atoms with Crippen molar-refractivity contribution in [3.63, 3.8) is 0 Å². The molecular formula is C16H24N2. The average Bonchev–Trinajstić information content (AvgIpc) is 3.07. The molecule has 2 aliphatic rings. The van der Waals surface area contributed by atoms with Crippen LogP contribution in [0.4, 0.5) is 5.69 Å². The first-order valence-corrected chi connectivity index (χ1v) is 7.47. The summed E-state index contributed by atoms with van der Waals surface area (Å²) in [6.45, 7) is 4.68. The van der Waals surface area contributed by atoms with Gasteiger partial charge < -0.3 is 10.2 Å². The number of para-hydroxylation sites is 1. The fourth-order valence-electron chi connectivity index (χ4n) is 2.86. The van der Waals surface area contributed by atoms with Gasteiger partial charge in [0.25, 0.3) is 0 Å². The molecule has 1 N–H and O–H groups in total. The molecule has 18 heavy (non-hydrogen) atoms. The normalized spacial score (nSPS) is 19.4. The summed E-state index contributed by atoms with van der Waals surface area (Å²) in [7, 11) is 0. The van der Waals surface area contributed by atoms with Crippen molar-refractivity contribution in [3.05, 3.63) is 29.8 Å². The first kappa shape index (κ1) is 12.0. The van der Waals surface area contributed by atoms with Gasteiger partial charge in [0.1, 0.15) is 0 Å². The Bertz CT molecular complexity index is 378. The van der Waals surface area contributed by atoms with E-state index in [0.717, 1.165) is 12.5 Å². The van der Waals surface area contributed by atoms with Crippen LogP contribution in [0.1, 0.15) is 37.7 Å². The van der Waals surface area contributed by atoms with Gasteiger partial charge in [-0.3, -0.25) is 0 Å². The third-order valence-corrected chi connectivity index (χ3v) is 4.18. The third-order valence-electron chi connectivity index (χ3n) is 4.18. The molecule has 0 unspecified atom stereocenters. The van der Waals surface area contributed by atoms with E-state index < -0.39 is 0 Å². The van der Waals surface area contributed by atoms with Gasteiger partial charge in [-0.05, 0) is 43.4 Å². The van der Waals surface area contributed by atoms with E-state index >= 15 is 0 Å². The minimum Gasteiger partial charge on any atom is -0.371 e. The summed E-state index contributed by atoms with van der Waals surface area (Å²) >= 11 is 0. The van der Waals surface area contributed by atoms with Crippen LogP contribution in [-0.4, -0.2) is 19.6 Å². The van der Waals surface area contributed by atoms with Crippen LogP contribution >= 0.6 is 0 Å². The van der Waals surface area contributed by atoms with E-state index in [9.17, 15) is 0 Å². The van der Waals surface area contributed by atoms with Crippen LogP contribution in [0.15, 0.2) is 24.3 Å². The summed E-state index contributed by atoms with van der Waals surface area (Å²) in [5.74, 6) is 1.03. The molecule has 0 radical (unpaired) electrons. The molecule has 1 saturated carbocycles. The third kappa shape index (κ3) is 3.05. The average molecular weight is 244 g/mol. The molecule has 2 fully saturated rings. The molecule has 0 amide bonds. The molecule has 1 heterocycles. The van der Waals surface area contributed by atoms with Gasteiger partial charge in [0.05, 0.1) is 0 Å². The van der Waals surface area contributed by atoms with Crippen molar-refractivity contribution in [2.45, 2.75) is 38.6 Å². The van der Waals surface area contributed by atoms with Crippen molar-refractivity contribution < 1.29 is 0 Å². The molecule has 1 aromatic rings. The van der Waals surface area contributed by atoms with E-state index in [-0.39, 0.29) is 0 Å². The van der Waals surface area contributed by atoms with Crippen molar-refractivity contribution in [2.75, 3.05) is 24.5 Å². The molecule has 1 saturated heterocycles. The molecule has 3 rings (SSSR count). The Hall–Kier alpha value is -1.02.